The zero-order chi connectivity index (χ0) is 19.4. The van der Waals surface area contributed by atoms with E-state index in [1.807, 2.05) is 103 Å². The van der Waals surface area contributed by atoms with Crippen molar-refractivity contribution in [1.82, 2.24) is 4.90 Å². The van der Waals surface area contributed by atoms with Crippen LogP contribution in [-0.2, 0) is 10.3 Å². The number of nitrogens with zero attached hydrogens (tertiary/aromatic N) is 2. The summed E-state index contributed by atoms with van der Waals surface area (Å²) in [6.07, 6.45) is 3.91. The number of guanidine groups is 1. The van der Waals surface area contributed by atoms with Gasteiger partial charge in [0.25, 0.3) is 5.91 Å². The standard InChI is InChI=1S/C24H21N3O/c25-23-26-24(20-14-6-2-7-15-20,21-16-8-3-9-17-21)22(28)27(23)18-10-13-19-11-4-1-5-12-19/h1-17H,18H2,(H2,25,26). The Hall–Kier alpha value is -3.66. The van der Waals surface area contributed by atoms with Crippen molar-refractivity contribution in [2.45, 2.75) is 5.54 Å². The first-order valence-corrected chi connectivity index (χ1v) is 9.22. The van der Waals surface area contributed by atoms with Crippen molar-refractivity contribution in [3.63, 3.8) is 0 Å². The molecule has 3 aromatic carbocycles. The summed E-state index contributed by atoms with van der Waals surface area (Å²) in [6.45, 7) is 0.366. The highest BCUT2D eigenvalue weighted by Gasteiger charge is 2.50. The lowest BCUT2D eigenvalue weighted by Crippen LogP contribution is -2.43. The summed E-state index contributed by atoms with van der Waals surface area (Å²) in [6, 6.07) is 29.1. The minimum atomic E-state index is -1.15. The third-order valence-electron chi connectivity index (χ3n) is 4.89. The summed E-state index contributed by atoms with van der Waals surface area (Å²) in [4.78, 5) is 19.8. The van der Waals surface area contributed by atoms with Gasteiger partial charge < -0.3 is 5.73 Å². The SMILES string of the molecule is NC1=NC(c2ccccc2)(c2ccccc2)C(=O)N1CC=Cc1ccccc1. The van der Waals surface area contributed by atoms with E-state index in [0.717, 1.165) is 16.7 Å². The van der Waals surface area contributed by atoms with E-state index in [9.17, 15) is 4.79 Å². The Morgan fingerprint density at radius 2 is 1.32 bits per heavy atom. The van der Waals surface area contributed by atoms with Crippen LogP contribution in [0.1, 0.15) is 16.7 Å². The van der Waals surface area contributed by atoms with E-state index in [0.29, 0.717) is 6.54 Å². The van der Waals surface area contributed by atoms with E-state index >= 15 is 0 Å². The molecule has 1 heterocycles. The number of carbonyl (C=O) groups excluding carboxylic acids is 1. The van der Waals surface area contributed by atoms with Crippen LogP contribution in [0.5, 0.6) is 0 Å². The number of amides is 1. The minimum Gasteiger partial charge on any atom is -0.369 e. The molecular weight excluding hydrogens is 346 g/mol. The number of benzene rings is 3. The van der Waals surface area contributed by atoms with Crippen LogP contribution in [0.2, 0.25) is 0 Å². The molecule has 4 heteroatoms. The van der Waals surface area contributed by atoms with Gasteiger partial charge >= 0.3 is 0 Å². The Morgan fingerprint density at radius 3 is 1.86 bits per heavy atom. The highest BCUT2D eigenvalue weighted by Crippen LogP contribution is 2.39. The molecule has 0 saturated carbocycles. The molecular formula is C24H21N3O. The van der Waals surface area contributed by atoms with Gasteiger partial charge in [-0.2, -0.15) is 0 Å². The first-order valence-electron chi connectivity index (χ1n) is 9.22. The molecule has 0 radical (unpaired) electrons. The second kappa shape index (κ2) is 7.53. The molecule has 0 fully saturated rings. The quantitative estimate of drug-likeness (QED) is 0.746. The third-order valence-corrected chi connectivity index (χ3v) is 4.89. The average Bonchev–Trinajstić information content (AvgIpc) is 3.01. The predicted octanol–water partition coefficient (Wildman–Crippen LogP) is 3.80. The van der Waals surface area contributed by atoms with Crippen molar-refractivity contribution in [1.29, 1.82) is 0 Å². The molecule has 1 aliphatic rings. The predicted molar refractivity (Wildman–Crippen MR) is 112 cm³/mol. The number of hydrogen-bond donors (Lipinski definition) is 1. The molecule has 0 spiro atoms. The lowest BCUT2D eigenvalue weighted by Gasteiger charge is -2.26. The van der Waals surface area contributed by atoms with Crippen LogP contribution in [0.15, 0.2) is 102 Å². The number of rotatable bonds is 5. The molecule has 0 unspecified atom stereocenters. The Balaban J connectivity index is 1.70. The molecule has 4 nitrogen and oxygen atoms in total. The Labute approximate surface area is 164 Å². The molecule has 2 N–H and O–H groups in total. The molecule has 1 aliphatic heterocycles. The second-order valence-electron chi connectivity index (χ2n) is 6.64. The average molecular weight is 367 g/mol. The summed E-state index contributed by atoms with van der Waals surface area (Å²) in [7, 11) is 0. The fraction of sp³-hybridized carbons (Fsp3) is 0.0833. The molecule has 0 bridgehead atoms. The van der Waals surface area contributed by atoms with Gasteiger partial charge in [0.05, 0.1) is 0 Å². The molecule has 1 amide bonds. The van der Waals surface area contributed by atoms with Crippen LogP contribution in [0.4, 0.5) is 0 Å². The molecule has 138 valence electrons. The lowest BCUT2D eigenvalue weighted by atomic mass is 9.83. The number of nitrogens with two attached hydrogens (primary N) is 1. The molecule has 0 atom stereocenters. The normalized spacial score (nSPS) is 15.8. The largest absolute Gasteiger partial charge is 0.369 e. The lowest BCUT2D eigenvalue weighted by molar-refractivity contribution is -0.129. The first-order chi connectivity index (χ1) is 13.7. The van der Waals surface area contributed by atoms with Crippen molar-refractivity contribution in [2.75, 3.05) is 6.54 Å². The van der Waals surface area contributed by atoms with E-state index < -0.39 is 5.54 Å². The van der Waals surface area contributed by atoms with Gasteiger partial charge in [-0.05, 0) is 16.7 Å². The van der Waals surface area contributed by atoms with Gasteiger partial charge in [-0.25, -0.2) is 4.99 Å². The highest BCUT2D eigenvalue weighted by molar-refractivity contribution is 6.09. The minimum absolute atomic E-state index is 0.139. The molecule has 0 aromatic heterocycles. The van der Waals surface area contributed by atoms with E-state index in [-0.39, 0.29) is 11.9 Å². The van der Waals surface area contributed by atoms with Gasteiger partial charge in [-0.1, -0.05) is 103 Å². The van der Waals surface area contributed by atoms with E-state index in [1.165, 1.54) is 0 Å². The van der Waals surface area contributed by atoms with Crippen LogP contribution < -0.4 is 5.73 Å². The molecule has 0 aliphatic carbocycles. The van der Waals surface area contributed by atoms with Crippen LogP contribution in [0.25, 0.3) is 6.08 Å². The third kappa shape index (κ3) is 3.09. The van der Waals surface area contributed by atoms with Crippen molar-refractivity contribution in [3.05, 3.63) is 114 Å². The van der Waals surface area contributed by atoms with Crippen molar-refractivity contribution in [3.8, 4) is 0 Å². The summed E-state index contributed by atoms with van der Waals surface area (Å²) < 4.78 is 0. The van der Waals surface area contributed by atoms with Crippen molar-refractivity contribution < 1.29 is 4.79 Å². The molecule has 4 rings (SSSR count). The Bertz CT molecular complexity index is 972. The van der Waals surface area contributed by atoms with Gasteiger partial charge in [0.1, 0.15) is 0 Å². The summed E-state index contributed by atoms with van der Waals surface area (Å²) in [5.41, 5.74) is 7.76. The number of carbonyl (C=O) groups is 1. The van der Waals surface area contributed by atoms with E-state index in [2.05, 4.69) is 4.99 Å². The van der Waals surface area contributed by atoms with Crippen LogP contribution in [0.3, 0.4) is 0 Å². The van der Waals surface area contributed by atoms with Gasteiger partial charge in [0.15, 0.2) is 11.5 Å². The molecule has 0 saturated heterocycles. The van der Waals surface area contributed by atoms with Crippen molar-refractivity contribution >= 4 is 17.9 Å². The summed E-state index contributed by atoms with van der Waals surface area (Å²) >= 11 is 0. The Kier molecular flexibility index (Phi) is 4.77. The van der Waals surface area contributed by atoms with Crippen LogP contribution >= 0.6 is 0 Å². The summed E-state index contributed by atoms with van der Waals surface area (Å²) in [5.74, 6) is 0.0931. The van der Waals surface area contributed by atoms with Crippen molar-refractivity contribution in [2.24, 2.45) is 10.7 Å². The van der Waals surface area contributed by atoms with E-state index in [4.69, 9.17) is 5.73 Å². The van der Waals surface area contributed by atoms with Gasteiger partial charge in [-0.3, -0.25) is 9.69 Å². The van der Waals surface area contributed by atoms with E-state index in [1.54, 1.807) is 4.90 Å². The second-order valence-corrected chi connectivity index (χ2v) is 6.64. The molecule has 28 heavy (non-hydrogen) atoms. The maximum Gasteiger partial charge on any atom is 0.266 e. The monoisotopic (exact) mass is 367 g/mol. The van der Waals surface area contributed by atoms with Gasteiger partial charge in [-0.15, -0.1) is 0 Å². The number of aliphatic imine (C=N–C) groups is 1. The number of hydrogen-bond acceptors (Lipinski definition) is 3. The van der Waals surface area contributed by atoms with Gasteiger partial charge in [0.2, 0.25) is 0 Å². The fourth-order valence-corrected chi connectivity index (χ4v) is 3.52. The highest BCUT2D eigenvalue weighted by atomic mass is 16.2. The fourth-order valence-electron chi connectivity index (χ4n) is 3.52. The zero-order valence-electron chi connectivity index (χ0n) is 15.4. The molecule has 3 aromatic rings. The van der Waals surface area contributed by atoms with Crippen LogP contribution in [0, 0.1) is 0 Å². The Morgan fingerprint density at radius 1 is 0.821 bits per heavy atom. The maximum atomic E-state index is 13.6. The van der Waals surface area contributed by atoms with Crippen LogP contribution in [-0.4, -0.2) is 23.3 Å². The first kappa shape index (κ1) is 17.7. The zero-order valence-corrected chi connectivity index (χ0v) is 15.4. The summed E-state index contributed by atoms with van der Waals surface area (Å²) in [5, 5.41) is 0. The topological polar surface area (TPSA) is 58.7 Å². The maximum absolute atomic E-state index is 13.6. The van der Waals surface area contributed by atoms with Gasteiger partial charge in [0, 0.05) is 6.54 Å². The smallest absolute Gasteiger partial charge is 0.266 e.